The molecule has 7 nitrogen and oxygen atoms in total. The lowest BCUT2D eigenvalue weighted by molar-refractivity contribution is -0.138. The number of carbonyl (C=O) groups excluding carboxylic acids is 1. The average molecular weight is 300 g/mol. The molecular weight excluding hydrogens is 280 g/mol. The van der Waals surface area contributed by atoms with Gasteiger partial charge in [-0.3, -0.25) is 14.5 Å². The number of anilines is 1. The Balaban J connectivity index is 2.60. The summed E-state index contributed by atoms with van der Waals surface area (Å²) in [4.78, 5) is 29.9. The standard InChI is InChI=1S/C12H20N4O3S/c1-9(17)13-12-14-10(8-20-12)6-16(7-11(18)19)5-4-15(2)3/h8H,4-7H2,1-3H3,(H,18,19)(H,13,14,17). The molecule has 0 aliphatic heterocycles. The van der Waals surface area contributed by atoms with E-state index in [0.29, 0.717) is 18.2 Å². The van der Waals surface area contributed by atoms with Gasteiger partial charge in [-0.15, -0.1) is 11.3 Å². The van der Waals surface area contributed by atoms with Crippen LogP contribution in [0.1, 0.15) is 12.6 Å². The van der Waals surface area contributed by atoms with E-state index in [1.165, 1.54) is 18.3 Å². The number of hydrogen-bond donors (Lipinski definition) is 2. The number of carboxylic acids is 1. The average Bonchev–Trinajstić information content (AvgIpc) is 2.71. The Morgan fingerprint density at radius 2 is 2.10 bits per heavy atom. The lowest BCUT2D eigenvalue weighted by atomic mass is 10.4. The van der Waals surface area contributed by atoms with E-state index in [-0.39, 0.29) is 12.5 Å². The number of carboxylic acid groups (broad SMARTS) is 1. The Labute approximate surface area is 122 Å². The van der Waals surface area contributed by atoms with Crippen LogP contribution in [0.3, 0.4) is 0 Å². The van der Waals surface area contributed by atoms with Gasteiger partial charge in [0.2, 0.25) is 5.91 Å². The Morgan fingerprint density at radius 3 is 2.65 bits per heavy atom. The van der Waals surface area contributed by atoms with Crippen LogP contribution in [0.25, 0.3) is 0 Å². The van der Waals surface area contributed by atoms with E-state index in [0.717, 1.165) is 12.2 Å². The molecule has 0 aliphatic carbocycles. The molecule has 1 heterocycles. The minimum atomic E-state index is -0.860. The molecule has 0 atom stereocenters. The minimum absolute atomic E-state index is 0.0269. The van der Waals surface area contributed by atoms with Gasteiger partial charge in [0.05, 0.1) is 12.2 Å². The van der Waals surface area contributed by atoms with Gasteiger partial charge in [-0.25, -0.2) is 4.98 Å². The molecule has 0 saturated carbocycles. The predicted octanol–water partition coefficient (Wildman–Crippen LogP) is 0.550. The van der Waals surface area contributed by atoms with Crippen molar-refractivity contribution in [2.75, 3.05) is 39.0 Å². The number of hydrogen-bond acceptors (Lipinski definition) is 6. The van der Waals surface area contributed by atoms with E-state index >= 15 is 0 Å². The highest BCUT2D eigenvalue weighted by Crippen LogP contribution is 2.16. The van der Waals surface area contributed by atoms with Crippen molar-refractivity contribution in [3.63, 3.8) is 0 Å². The first kappa shape index (κ1) is 16.5. The summed E-state index contributed by atoms with van der Waals surface area (Å²) in [5.74, 6) is -1.03. The summed E-state index contributed by atoms with van der Waals surface area (Å²) >= 11 is 1.34. The molecule has 0 bridgehead atoms. The second-order valence-electron chi connectivity index (χ2n) is 4.73. The quantitative estimate of drug-likeness (QED) is 0.729. The first-order valence-corrected chi connectivity index (χ1v) is 7.05. The summed E-state index contributed by atoms with van der Waals surface area (Å²) in [6.07, 6.45) is 0. The number of rotatable bonds is 8. The summed E-state index contributed by atoms with van der Waals surface area (Å²) in [7, 11) is 3.88. The van der Waals surface area contributed by atoms with E-state index in [2.05, 4.69) is 10.3 Å². The number of likely N-dealkylation sites (N-methyl/N-ethyl adjacent to an activating group) is 1. The zero-order chi connectivity index (χ0) is 15.1. The van der Waals surface area contributed by atoms with Gasteiger partial charge in [0.25, 0.3) is 0 Å². The maximum atomic E-state index is 10.9. The Bertz CT molecular complexity index is 461. The second kappa shape index (κ2) is 7.93. The van der Waals surface area contributed by atoms with Gasteiger partial charge >= 0.3 is 5.97 Å². The fourth-order valence-corrected chi connectivity index (χ4v) is 2.31. The van der Waals surface area contributed by atoms with Crippen LogP contribution in [0.4, 0.5) is 5.13 Å². The molecule has 1 rings (SSSR count). The van der Waals surface area contributed by atoms with E-state index in [4.69, 9.17) is 5.11 Å². The van der Waals surface area contributed by atoms with Crippen molar-refractivity contribution in [1.82, 2.24) is 14.8 Å². The summed E-state index contributed by atoms with van der Waals surface area (Å²) in [5, 5.41) is 13.9. The third-order valence-corrected chi connectivity index (χ3v) is 3.25. The Hall–Kier alpha value is -1.51. The van der Waals surface area contributed by atoms with E-state index < -0.39 is 5.97 Å². The summed E-state index contributed by atoms with van der Waals surface area (Å²) in [5.41, 5.74) is 0.763. The van der Waals surface area contributed by atoms with Crippen LogP contribution in [-0.2, 0) is 16.1 Å². The molecule has 20 heavy (non-hydrogen) atoms. The van der Waals surface area contributed by atoms with Crippen LogP contribution in [0.15, 0.2) is 5.38 Å². The van der Waals surface area contributed by atoms with E-state index in [1.54, 1.807) is 0 Å². The number of carbonyl (C=O) groups is 2. The van der Waals surface area contributed by atoms with Crippen LogP contribution in [0.2, 0.25) is 0 Å². The van der Waals surface area contributed by atoms with Crippen LogP contribution in [0, 0.1) is 0 Å². The zero-order valence-electron chi connectivity index (χ0n) is 11.9. The molecule has 0 radical (unpaired) electrons. The van der Waals surface area contributed by atoms with Gasteiger partial charge in [-0.1, -0.05) is 0 Å². The van der Waals surface area contributed by atoms with E-state index in [1.807, 2.05) is 29.3 Å². The molecule has 0 aromatic carbocycles. The molecule has 112 valence electrons. The molecule has 8 heteroatoms. The first-order chi connectivity index (χ1) is 9.36. The Morgan fingerprint density at radius 1 is 1.40 bits per heavy atom. The molecule has 1 aromatic heterocycles. The predicted molar refractivity (Wildman–Crippen MR) is 77.9 cm³/mol. The van der Waals surface area contributed by atoms with E-state index in [9.17, 15) is 9.59 Å². The maximum absolute atomic E-state index is 10.9. The third-order valence-electron chi connectivity index (χ3n) is 2.44. The maximum Gasteiger partial charge on any atom is 0.317 e. The number of nitrogens with zero attached hydrogens (tertiary/aromatic N) is 3. The second-order valence-corrected chi connectivity index (χ2v) is 5.59. The first-order valence-electron chi connectivity index (χ1n) is 6.17. The summed E-state index contributed by atoms with van der Waals surface area (Å²) in [6.45, 7) is 3.27. The minimum Gasteiger partial charge on any atom is -0.480 e. The third kappa shape index (κ3) is 6.60. The largest absolute Gasteiger partial charge is 0.480 e. The van der Waals surface area contributed by atoms with Gasteiger partial charge in [0, 0.05) is 31.9 Å². The van der Waals surface area contributed by atoms with Crippen LogP contribution < -0.4 is 5.32 Å². The lowest BCUT2D eigenvalue weighted by Crippen LogP contribution is -2.35. The molecule has 0 spiro atoms. The fraction of sp³-hybridized carbons (Fsp3) is 0.583. The number of thiazole rings is 1. The van der Waals surface area contributed by atoms with Crippen molar-refractivity contribution in [3.05, 3.63) is 11.1 Å². The van der Waals surface area contributed by atoms with Crippen molar-refractivity contribution >= 4 is 28.3 Å². The van der Waals surface area contributed by atoms with Gasteiger partial charge in [0.1, 0.15) is 0 Å². The summed E-state index contributed by atoms with van der Waals surface area (Å²) < 4.78 is 0. The molecule has 2 N–H and O–H groups in total. The van der Waals surface area contributed by atoms with Gasteiger partial charge in [-0.05, 0) is 14.1 Å². The normalized spacial score (nSPS) is 11.1. The Kier molecular flexibility index (Phi) is 6.56. The number of aliphatic carboxylic acids is 1. The van der Waals surface area contributed by atoms with Gasteiger partial charge < -0.3 is 15.3 Å². The molecule has 0 aliphatic rings. The van der Waals surface area contributed by atoms with Crippen molar-refractivity contribution < 1.29 is 14.7 Å². The number of amides is 1. The molecule has 0 unspecified atom stereocenters. The highest BCUT2D eigenvalue weighted by atomic mass is 32.1. The topological polar surface area (TPSA) is 85.8 Å². The van der Waals surface area contributed by atoms with Crippen molar-refractivity contribution in [3.8, 4) is 0 Å². The van der Waals surface area contributed by atoms with Crippen LogP contribution in [0.5, 0.6) is 0 Å². The molecular formula is C12H20N4O3S. The SMILES string of the molecule is CC(=O)Nc1nc(CN(CCN(C)C)CC(=O)O)cs1. The van der Waals surface area contributed by atoms with Crippen molar-refractivity contribution in [1.29, 1.82) is 0 Å². The van der Waals surface area contributed by atoms with Gasteiger partial charge in [0.15, 0.2) is 5.13 Å². The van der Waals surface area contributed by atoms with Crippen molar-refractivity contribution in [2.45, 2.75) is 13.5 Å². The molecule has 0 fully saturated rings. The number of aromatic nitrogens is 1. The van der Waals surface area contributed by atoms with Crippen molar-refractivity contribution in [2.24, 2.45) is 0 Å². The highest BCUT2D eigenvalue weighted by molar-refractivity contribution is 7.13. The highest BCUT2D eigenvalue weighted by Gasteiger charge is 2.13. The molecule has 1 amide bonds. The monoisotopic (exact) mass is 300 g/mol. The fourth-order valence-electron chi connectivity index (χ4n) is 1.56. The van der Waals surface area contributed by atoms with Gasteiger partial charge in [-0.2, -0.15) is 0 Å². The summed E-state index contributed by atoms with van der Waals surface area (Å²) in [6, 6.07) is 0. The smallest absolute Gasteiger partial charge is 0.317 e. The van der Waals surface area contributed by atoms with Crippen LogP contribution in [-0.4, -0.2) is 65.5 Å². The lowest BCUT2D eigenvalue weighted by Gasteiger charge is -2.21. The molecule has 1 aromatic rings. The molecule has 0 saturated heterocycles. The van der Waals surface area contributed by atoms with Crippen LogP contribution >= 0.6 is 11.3 Å². The zero-order valence-corrected chi connectivity index (χ0v) is 12.7. The number of nitrogens with one attached hydrogen (secondary N) is 1.